The van der Waals surface area contributed by atoms with Crippen LogP contribution in [0.3, 0.4) is 0 Å². The normalized spacial score (nSPS) is 17.3. The molecule has 1 heterocycles. The fraction of sp³-hybridized carbons (Fsp3) is 0.333. The van der Waals surface area contributed by atoms with E-state index in [9.17, 15) is 32.5 Å². The number of nitro benzene ring substituents is 1. The standard InChI is InChI=1S/C21H22FN3O6S/c1-13(14-4-7-17(8-5-14)32(3,30)31)23(2)21(27)15-10-20(26)24(12-15)16-6-9-18(22)19(11-16)25(28)29/h4-9,11,13,15H,10,12H2,1-3H3. The van der Waals surface area contributed by atoms with Gasteiger partial charge in [0.2, 0.25) is 17.6 Å². The molecule has 1 aliphatic heterocycles. The minimum Gasteiger partial charge on any atom is -0.339 e. The Morgan fingerprint density at radius 1 is 1.25 bits per heavy atom. The van der Waals surface area contributed by atoms with Crippen molar-refractivity contribution in [3.8, 4) is 0 Å². The van der Waals surface area contributed by atoms with Crippen LogP contribution in [-0.4, -0.2) is 49.9 Å². The van der Waals surface area contributed by atoms with Gasteiger partial charge in [-0.15, -0.1) is 0 Å². The van der Waals surface area contributed by atoms with Crippen molar-refractivity contribution in [1.29, 1.82) is 0 Å². The highest BCUT2D eigenvalue weighted by Gasteiger charge is 2.38. The van der Waals surface area contributed by atoms with Gasteiger partial charge in [0.25, 0.3) is 0 Å². The molecule has 2 amide bonds. The van der Waals surface area contributed by atoms with Gasteiger partial charge >= 0.3 is 5.69 Å². The molecule has 2 unspecified atom stereocenters. The first kappa shape index (κ1) is 23.3. The molecule has 0 aromatic heterocycles. The molecule has 1 saturated heterocycles. The second-order valence-corrected chi connectivity index (χ2v) is 9.78. The van der Waals surface area contributed by atoms with Gasteiger partial charge in [0.1, 0.15) is 0 Å². The number of hydrogen-bond acceptors (Lipinski definition) is 6. The molecule has 11 heteroatoms. The molecule has 1 aliphatic rings. The van der Waals surface area contributed by atoms with Gasteiger partial charge in [-0.05, 0) is 36.8 Å². The van der Waals surface area contributed by atoms with Gasteiger partial charge in [0, 0.05) is 32.3 Å². The number of sulfone groups is 1. The topological polar surface area (TPSA) is 118 Å². The SMILES string of the molecule is CC(c1ccc(S(C)(=O)=O)cc1)N(C)C(=O)C1CC(=O)N(c2ccc(F)c([N+](=O)[O-])c2)C1. The predicted molar refractivity (Wildman–Crippen MR) is 114 cm³/mol. The lowest BCUT2D eigenvalue weighted by Crippen LogP contribution is -2.36. The Morgan fingerprint density at radius 3 is 2.44 bits per heavy atom. The number of anilines is 1. The van der Waals surface area contributed by atoms with Crippen LogP contribution in [0.25, 0.3) is 0 Å². The Bertz CT molecular complexity index is 1180. The zero-order valence-corrected chi connectivity index (χ0v) is 18.5. The van der Waals surface area contributed by atoms with E-state index >= 15 is 0 Å². The molecule has 0 aliphatic carbocycles. The second kappa shape index (κ2) is 8.65. The summed E-state index contributed by atoms with van der Waals surface area (Å²) in [7, 11) is -1.74. The van der Waals surface area contributed by atoms with Crippen molar-refractivity contribution in [2.75, 3.05) is 24.7 Å². The summed E-state index contributed by atoms with van der Waals surface area (Å²) in [4.78, 5) is 38.5. The molecule has 0 radical (unpaired) electrons. The summed E-state index contributed by atoms with van der Waals surface area (Å²) in [6, 6.07) is 9.00. The fourth-order valence-electron chi connectivity index (χ4n) is 3.63. The second-order valence-electron chi connectivity index (χ2n) is 7.76. The van der Waals surface area contributed by atoms with E-state index in [1.165, 1.54) is 28.0 Å². The monoisotopic (exact) mass is 463 g/mol. The molecule has 32 heavy (non-hydrogen) atoms. The fourth-order valence-corrected chi connectivity index (χ4v) is 4.26. The van der Waals surface area contributed by atoms with E-state index in [0.29, 0.717) is 0 Å². The molecule has 2 atom stereocenters. The van der Waals surface area contributed by atoms with Crippen LogP contribution in [0.2, 0.25) is 0 Å². The third-order valence-corrected chi connectivity index (χ3v) is 6.76. The Hall–Kier alpha value is -3.34. The molecule has 0 N–H and O–H groups in total. The third kappa shape index (κ3) is 4.62. The molecule has 0 saturated carbocycles. The van der Waals surface area contributed by atoms with Crippen molar-refractivity contribution in [3.63, 3.8) is 0 Å². The van der Waals surface area contributed by atoms with Crippen molar-refractivity contribution < 1.29 is 27.3 Å². The minimum atomic E-state index is -3.33. The zero-order valence-electron chi connectivity index (χ0n) is 17.7. The highest BCUT2D eigenvalue weighted by molar-refractivity contribution is 7.90. The minimum absolute atomic E-state index is 0.0184. The van der Waals surface area contributed by atoms with E-state index in [2.05, 4.69) is 0 Å². The molecule has 2 aromatic carbocycles. The van der Waals surface area contributed by atoms with E-state index in [4.69, 9.17) is 0 Å². The summed E-state index contributed by atoms with van der Waals surface area (Å²) in [5, 5.41) is 11.0. The van der Waals surface area contributed by atoms with Gasteiger partial charge in [-0.3, -0.25) is 19.7 Å². The van der Waals surface area contributed by atoms with Gasteiger partial charge in [-0.1, -0.05) is 12.1 Å². The number of carbonyl (C=O) groups is 2. The van der Waals surface area contributed by atoms with Crippen molar-refractivity contribution in [1.82, 2.24) is 4.90 Å². The van der Waals surface area contributed by atoms with E-state index in [-0.39, 0.29) is 41.4 Å². The van der Waals surface area contributed by atoms with Crippen molar-refractivity contribution in [2.24, 2.45) is 5.92 Å². The third-order valence-electron chi connectivity index (χ3n) is 5.63. The number of amides is 2. The number of nitrogens with zero attached hydrogens (tertiary/aromatic N) is 3. The molecule has 170 valence electrons. The predicted octanol–water partition coefficient (Wildman–Crippen LogP) is 2.71. The maximum atomic E-state index is 13.6. The molecular weight excluding hydrogens is 441 g/mol. The van der Waals surface area contributed by atoms with Crippen molar-refractivity contribution in [3.05, 3.63) is 64.0 Å². The first-order chi connectivity index (χ1) is 14.9. The highest BCUT2D eigenvalue weighted by Crippen LogP contribution is 2.31. The van der Waals surface area contributed by atoms with Gasteiger partial charge in [-0.25, -0.2) is 8.42 Å². The summed E-state index contributed by atoms with van der Waals surface area (Å²) in [5.41, 5.74) is 0.141. The molecule has 0 spiro atoms. The number of carbonyl (C=O) groups excluding carboxylic acids is 2. The smallest absolute Gasteiger partial charge is 0.306 e. The maximum Gasteiger partial charge on any atom is 0.306 e. The van der Waals surface area contributed by atoms with Crippen LogP contribution >= 0.6 is 0 Å². The number of benzene rings is 2. The Labute approximate surface area is 184 Å². The van der Waals surface area contributed by atoms with Crippen LogP contribution in [0, 0.1) is 21.8 Å². The summed E-state index contributed by atoms with van der Waals surface area (Å²) < 4.78 is 36.9. The van der Waals surface area contributed by atoms with Crippen LogP contribution in [0.4, 0.5) is 15.8 Å². The highest BCUT2D eigenvalue weighted by atomic mass is 32.2. The molecule has 0 bridgehead atoms. The lowest BCUT2D eigenvalue weighted by molar-refractivity contribution is -0.387. The molecule has 3 rings (SSSR count). The van der Waals surface area contributed by atoms with Crippen LogP contribution in [0.15, 0.2) is 47.4 Å². The van der Waals surface area contributed by atoms with E-state index in [0.717, 1.165) is 24.0 Å². The van der Waals surface area contributed by atoms with Crippen LogP contribution < -0.4 is 4.90 Å². The van der Waals surface area contributed by atoms with E-state index in [1.54, 1.807) is 26.1 Å². The maximum absolute atomic E-state index is 13.6. The Kier molecular flexibility index (Phi) is 6.31. The molecular formula is C21H22FN3O6S. The zero-order chi connectivity index (χ0) is 23.8. The first-order valence-corrected chi connectivity index (χ1v) is 11.6. The number of hydrogen-bond donors (Lipinski definition) is 0. The number of halogens is 1. The summed E-state index contributed by atoms with van der Waals surface area (Å²) in [5.74, 6) is -2.36. The van der Waals surface area contributed by atoms with Crippen LogP contribution in [0.5, 0.6) is 0 Å². The van der Waals surface area contributed by atoms with Gasteiger partial charge in [-0.2, -0.15) is 4.39 Å². The van der Waals surface area contributed by atoms with Gasteiger partial charge in [0.05, 0.1) is 27.5 Å². The quantitative estimate of drug-likeness (QED) is 0.480. The summed E-state index contributed by atoms with van der Waals surface area (Å²) >= 11 is 0. The molecule has 2 aromatic rings. The lowest BCUT2D eigenvalue weighted by atomic mass is 10.0. The number of nitro groups is 1. The first-order valence-electron chi connectivity index (χ1n) is 9.71. The van der Waals surface area contributed by atoms with Crippen LogP contribution in [0.1, 0.15) is 24.9 Å². The average Bonchev–Trinajstić information content (AvgIpc) is 3.13. The van der Waals surface area contributed by atoms with Crippen molar-refractivity contribution >= 4 is 33.0 Å². The van der Waals surface area contributed by atoms with Crippen molar-refractivity contribution in [2.45, 2.75) is 24.3 Å². The lowest BCUT2D eigenvalue weighted by Gasteiger charge is -2.28. The number of rotatable bonds is 6. The summed E-state index contributed by atoms with van der Waals surface area (Å²) in [6.45, 7) is 1.80. The Balaban J connectivity index is 1.75. The van der Waals surface area contributed by atoms with E-state index in [1.807, 2.05) is 0 Å². The molecule has 9 nitrogen and oxygen atoms in total. The summed E-state index contributed by atoms with van der Waals surface area (Å²) in [6.07, 6.45) is 1.04. The molecule has 1 fully saturated rings. The average molecular weight is 463 g/mol. The van der Waals surface area contributed by atoms with Gasteiger partial charge < -0.3 is 9.80 Å². The Morgan fingerprint density at radius 2 is 1.88 bits per heavy atom. The van der Waals surface area contributed by atoms with E-state index < -0.39 is 32.2 Å². The van der Waals surface area contributed by atoms with Crippen LogP contribution in [-0.2, 0) is 19.4 Å². The van der Waals surface area contributed by atoms with Gasteiger partial charge in [0.15, 0.2) is 9.84 Å². The largest absolute Gasteiger partial charge is 0.339 e.